The van der Waals surface area contributed by atoms with E-state index in [1.54, 1.807) is 0 Å². The van der Waals surface area contributed by atoms with Crippen LogP contribution in [0.5, 0.6) is 0 Å². The quantitative estimate of drug-likeness (QED) is 0.930. The van der Waals surface area contributed by atoms with Crippen molar-refractivity contribution in [3.05, 3.63) is 30.0 Å². The molecule has 6 nitrogen and oxygen atoms in total. The molecule has 0 radical (unpaired) electrons. The third-order valence-corrected chi connectivity index (χ3v) is 5.13. The summed E-state index contributed by atoms with van der Waals surface area (Å²) in [6, 6.07) is 6.30. The molecule has 1 atom stereocenters. The molecule has 2 aliphatic heterocycles. The van der Waals surface area contributed by atoms with E-state index < -0.39 is 0 Å². The number of aromatic amines is 1. The number of carbonyl (C=O) groups excluding carboxylic acids is 1. The number of rotatable bonds is 3. The van der Waals surface area contributed by atoms with Gasteiger partial charge in [-0.2, -0.15) is 5.10 Å². The summed E-state index contributed by atoms with van der Waals surface area (Å²) in [7, 11) is 0. The first-order valence-electron chi connectivity index (χ1n) is 8.81. The lowest BCUT2D eigenvalue weighted by Crippen LogP contribution is -2.48. The van der Waals surface area contributed by atoms with Gasteiger partial charge >= 0.3 is 0 Å². The van der Waals surface area contributed by atoms with Crippen molar-refractivity contribution in [2.24, 2.45) is 5.92 Å². The molecule has 1 aromatic heterocycles. The summed E-state index contributed by atoms with van der Waals surface area (Å²) < 4.78 is 5.36. The summed E-state index contributed by atoms with van der Waals surface area (Å²) in [6.07, 6.45) is 3.94. The molecule has 24 heavy (non-hydrogen) atoms. The second-order valence-corrected chi connectivity index (χ2v) is 6.76. The second-order valence-electron chi connectivity index (χ2n) is 6.76. The van der Waals surface area contributed by atoms with Crippen LogP contribution in [0, 0.1) is 5.92 Å². The number of nitrogens with one attached hydrogen (secondary N) is 1. The molecule has 2 aromatic rings. The van der Waals surface area contributed by atoms with E-state index in [9.17, 15) is 4.79 Å². The molecular weight excluding hydrogens is 304 g/mol. The average molecular weight is 328 g/mol. The van der Waals surface area contributed by atoms with E-state index >= 15 is 0 Å². The number of H-pyrrole nitrogens is 1. The van der Waals surface area contributed by atoms with Crippen molar-refractivity contribution in [1.82, 2.24) is 20.0 Å². The number of nitrogens with zero attached hydrogens (tertiary/aromatic N) is 3. The number of morpholine rings is 1. The number of carbonyl (C=O) groups is 1. The van der Waals surface area contributed by atoms with Crippen LogP contribution in [0.3, 0.4) is 0 Å². The monoisotopic (exact) mass is 328 g/mol. The fraction of sp³-hybridized carbons (Fsp3) is 0.556. The maximum absolute atomic E-state index is 12.7. The van der Waals surface area contributed by atoms with Crippen LogP contribution < -0.4 is 0 Å². The lowest BCUT2D eigenvalue weighted by molar-refractivity contribution is -0.141. The van der Waals surface area contributed by atoms with Gasteiger partial charge < -0.3 is 9.64 Å². The van der Waals surface area contributed by atoms with Crippen molar-refractivity contribution < 1.29 is 9.53 Å². The van der Waals surface area contributed by atoms with Gasteiger partial charge in [0.1, 0.15) is 0 Å². The van der Waals surface area contributed by atoms with Crippen LogP contribution in [-0.2, 0) is 16.1 Å². The molecule has 128 valence electrons. The normalized spacial score (nSPS) is 22.8. The van der Waals surface area contributed by atoms with E-state index in [0.717, 1.165) is 56.5 Å². The van der Waals surface area contributed by atoms with Crippen LogP contribution in [-0.4, -0.2) is 65.3 Å². The first-order valence-corrected chi connectivity index (χ1v) is 8.81. The Hall–Kier alpha value is -1.92. The minimum absolute atomic E-state index is 0.123. The van der Waals surface area contributed by atoms with Crippen LogP contribution in [0.1, 0.15) is 18.4 Å². The lowest BCUT2D eigenvalue weighted by atomic mass is 9.95. The van der Waals surface area contributed by atoms with Crippen LogP contribution in [0.2, 0.25) is 0 Å². The highest BCUT2D eigenvalue weighted by Gasteiger charge is 2.30. The number of likely N-dealkylation sites (tertiary alicyclic amines) is 1. The first-order chi connectivity index (χ1) is 11.8. The zero-order valence-electron chi connectivity index (χ0n) is 13.9. The molecular formula is C18H24N4O2. The van der Waals surface area contributed by atoms with Gasteiger partial charge in [0.05, 0.1) is 30.8 Å². The minimum Gasteiger partial charge on any atom is -0.378 e. The lowest BCUT2D eigenvalue weighted by Gasteiger charge is -2.36. The number of piperidine rings is 1. The Kier molecular flexibility index (Phi) is 4.49. The highest BCUT2D eigenvalue weighted by molar-refractivity contribution is 5.81. The molecule has 0 saturated carbocycles. The highest BCUT2D eigenvalue weighted by Crippen LogP contribution is 2.23. The summed E-state index contributed by atoms with van der Waals surface area (Å²) >= 11 is 0. The van der Waals surface area contributed by atoms with Crippen molar-refractivity contribution >= 4 is 16.8 Å². The van der Waals surface area contributed by atoms with Gasteiger partial charge in [0, 0.05) is 31.6 Å². The van der Waals surface area contributed by atoms with E-state index in [1.165, 1.54) is 5.56 Å². The molecule has 3 heterocycles. The molecule has 2 aliphatic rings. The van der Waals surface area contributed by atoms with Crippen molar-refractivity contribution in [3.8, 4) is 0 Å². The second kappa shape index (κ2) is 6.91. The van der Waals surface area contributed by atoms with Crippen LogP contribution in [0.4, 0.5) is 0 Å². The topological polar surface area (TPSA) is 61.5 Å². The fourth-order valence-electron chi connectivity index (χ4n) is 3.85. The molecule has 0 bridgehead atoms. The summed E-state index contributed by atoms with van der Waals surface area (Å²) in [6.45, 7) is 5.59. The largest absolute Gasteiger partial charge is 0.378 e. The summed E-state index contributed by atoms with van der Waals surface area (Å²) in [4.78, 5) is 17.1. The molecule has 2 saturated heterocycles. The van der Waals surface area contributed by atoms with Gasteiger partial charge in [0.25, 0.3) is 0 Å². The van der Waals surface area contributed by atoms with Crippen LogP contribution >= 0.6 is 0 Å². The number of amides is 1. The maximum Gasteiger partial charge on any atom is 0.227 e. The molecule has 6 heteroatoms. The number of para-hydroxylation sites is 1. The van der Waals surface area contributed by atoms with Crippen molar-refractivity contribution in [2.75, 3.05) is 39.4 Å². The van der Waals surface area contributed by atoms with E-state index in [4.69, 9.17) is 4.74 Å². The summed E-state index contributed by atoms with van der Waals surface area (Å²) in [5, 5.41) is 8.38. The van der Waals surface area contributed by atoms with Gasteiger partial charge in [0.15, 0.2) is 0 Å². The van der Waals surface area contributed by atoms with E-state index in [-0.39, 0.29) is 5.92 Å². The third-order valence-electron chi connectivity index (χ3n) is 5.13. The van der Waals surface area contributed by atoms with Gasteiger partial charge in [-0.1, -0.05) is 18.2 Å². The Morgan fingerprint density at radius 2 is 2.17 bits per heavy atom. The number of hydrogen-bond acceptors (Lipinski definition) is 4. The predicted octanol–water partition coefficient (Wildman–Crippen LogP) is 1.63. The SMILES string of the molecule is O=C([C@@H]1CCCN(Cc2cccc3cn[nH]c23)C1)N1CCOCC1. The molecule has 1 amide bonds. The third kappa shape index (κ3) is 3.16. The number of ether oxygens (including phenoxy) is 1. The predicted molar refractivity (Wildman–Crippen MR) is 91.5 cm³/mol. The van der Waals surface area contributed by atoms with Gasteiger partial charge in [-0.15, -0.1) is 0 Å². The Morgan fingerprint density at radius 3 is 3.04 bits per heavy atom. The Labute approximate surface area is 141 Å². The molecule has 0 aliphatic carbocycles. The number of hydrogen-bond donors (Lipinski definition) is 1. The molecule has 1 N–H and O–H groups in total. The molecule has 4 rings (SSSR count). The van der Waals surface area contributed by atoms with Crippen molar-refractivity contribution in [1.29, 1.82) is 0 Å². The van der Waals surface area contributed by atoms with Crippen LogP contribution in [0.25, 0.3) is 10.9 Å². The van der Waals surface area contributed by atoms with Gasteiger partial charge in [-0.3, -0.25) is 14.8 Å². The van der Waals surface area contributed by atoms with Gasteiger partial charge in [-0.05, 0) is 24.9 Å². The Balaban J connectivity index is 1.43. The molecule has 0 unspecified atom stereocenters. The molecule has 1 aromatic carbocycles. The highest BCUT2D eigenvalue weighted by atomic mass is 16.5. The van der Waals surface area contributed by atoms with E-state index in [1.807, 2.05) is 11.1 Å². The van der Waals surface area contributed by atoms with Crippen LogP contribution in [0.15, 0.2) is 24.4 Å². The number of benzene rings is 1. The molecule has 0 spiro atoms. The fourth-order valence-corrected chi connectivity index (χ4v) is 3.85. The van der Waals surface area contributed by atoms with Gasteiger partial charge in [0.2, 0.25) is 5.91 Å². The number of fused-ring (bicyclic) bond motifs is 1. The van der Waals surface area contributed by atoms with Crippen molar-refractivity contribution in [3.63, 3.8) is 0 Å². The Bertz CT molecular complexity index is 708. The average Bonchev–Trinajstić information content (AvgIpc) is 3.12. The standard InChI is InChI=1S/C18H24N4O2/c23-18(22-7-9-24-10-8-22)16-5-2-6-21(13-16)12-15-4-1-3-14-11-19-20-17(14)15/h1,3-4,11,16H,2,5-10,12-13H2,(H,19,20)/t16-/m1/s1. The first kappa shape index (κ1) is 15.6. The van der Waals surface area contributed by atoms with Gasteiger partial charge in [-0.25, -0.2) is 0 Å². The van der Waals surface area contributed by atoms with E-state index in [2.05, 4.69) is 33.3 Å². The zero-order chi connectivity index (χ0) is 16.4. The molecule has 2 fully saturated rings. The number of aromatic nitrogens is 2. The minimum atomic E-state index is 0.123. The summed E-state index contributed by atoms with van der Waals surface area (Å²) in [5.74, 6) is 0.431. The Morgan fingerprint density at radius 1 is 1.29 bits per heavy atom. The zero-order valence-corrected chi connectivity index (χ0v) is 13.9. The smallest absolute Gasteiger partial charge is 0.227 e. The van der Waals surface area contributed by atoms with E-state index in [0.29, 0.717) is 19.1 Å². The summed E-state index contributed by atoms with van der Waals surface area (Å²) in [5.41, 5.74) is 2.36. The van der Waals surface area contributed by atoms with Crippen molar-refractivity contribution in [2.45, 2.75) is 19.4 Å². The maximum atomic E-state index is 12.7.